The van der Waals surface area contributed by atoms with Crippen LogP contribution in [-0.4, -0.2) is 32.3 Å². The molecule has 148 valence electrons. The van der Waals surface area contributed by atoms with Crippen molar-refractivity contribution < 1.29 is 4.74 Å². The van der Waals surface area contributed by atoms with Crippen molar-refractivity contribution in [2.75, 3.05) is 7.11 Å². The molecule has 0 aliphatic heterocycles. The van der Waals surface area contributed by atoms with E-state index in [1.54, 1.807) is 23.2 Å². The third-order valence-corrected chi connectivity index (χ3v) is 5.50. The smallest absolute Gasteiger partial charge is 0.204 e. The van der Waals surface area contributed by atoms with Gasteiger partial charge in [-0.3, -0.25) is 0 Å². The molecule has 0 saturated heterocycles. The molecule has 0 aliphatic rings. The minimum Gasteiger partial charge on any atom is -0.496 e. The number of methoxy groups -OCH3 is 1. The van der Waals surface area contributed by atoms with Gasteiger partial charge in [0.1, 0.15) is 5.75 Å². The monoisotopic (exact) mass is 397 g/mol. The number of thiazole rings is 1. The van der Waals surface area contributed by atoms with Crippen LogP contribution in [0.3, 0.4) is 0 Å². The highest BCUT2D eigenvalue weighted by Gasteiger charge is 2.10. The van der Waals surface area contributed by atoms with Crippen LogP contribution in [0.1, 0.15) is 62.3 Å². The standard InChI is InChI=1S/C21H27N5OS/c1-14(2)21-22-18(13-28-21)9-7-6-8-16-12-17(10-11-19(16)27-5)20-23-25-26(24-20)15(3)4/h6,8,10-15H,7,9H2,1-5H3. The van der Waals surface area contributed by atoms with Gasteiger partial charge in [-0.1, -0.05) is 26.0 Å². The highest BCUT2D eigenvalue weighted by molar-refractivity contribution is 7.09. The van der Waals surface area contributed by atoms with Crippen molar-refractivity contribution in [3.8, 4) is 17.1 Å². The van der Waals surface area contributed by atoms with Crippen LogP contribution < -0.4 is 4.74 Å². The van der Waals surface area contributed by atoms with E-state index in [0.717, 1.165) is 35.4 Å². The first-order valence-electron chi connectivity index (χ1n) is 9.56. The number of aromatic nitrogens is 5. The molecule has 7 heteroatoms. The van der Waals surface area contributed by atoms with Crippen molar-refractivity contribution in [3.05, 3.63) is 45.9 Å². The van der Waals surface area contributed by atoms with Crippen molar-refractivity contribution in [1.29, 1.82) is 0 Å². The Labute approximate surface area is 170 Å². The first-order chi connectivity index (χ1) is 13.5. The molecule has 3 rings (SSSR count). The van der Waals surface area contributed by atoms with Gasteiger partial charge in [0.05, 0.1) is 23.9 Å². The van der Waals surface area contributed by atoms with E-state index in [9.17, 15) is 0 Å². The lowest BCUT2D eigenvalue weighted by atomic mass is 10.1. The maximum atomic E-state index is 5.50. The normalized spacial score (nSPS) is 11.8. The van der Waals surface area contributed by atoms with Crippen LogP contribution in [0.25, 0.3) is 17.5 Å². The number of ether oxygens (including phenoxy) is 1. The topological polar surface area (TPSA) is 65.7 Å². The fraction of sp³-hybridized carbons (Fsp3) is 0.429. The van der Waals surface area contributed by atoms with Gasteiger partial charge in [0.15, 0.2) is 0 Å². The average Bonchev–Trinajstić information content (AvgIpc) is 3.35. The number of hydrogen-bond acceptors (Lipinski definition) is 6. The molecule has 0 aliphatic carbocycles. The van der Waals surface area contributed by atoms with Crippen LogP contribution in [0, 0.1) is 0 Å². The Balaban J connectivity index is 1.71. The van der Waals surface area contributed by atoms with Crippen LogP contribution in [0.4, 0.5) is 0 Å². The van der Waals surface area contributed by atoms with Gasteiger partial charge in [-0.2, -0.15) is 4.80 Å². The minimum atomic E-state index is 0.181. The van der Waals surface area contributed by atoms with Gasteiger partial charge in [0.2, 0.25) is 5.82 Å². The van der Waals surface area contributed by atoms with Gasteiger partial charge in [-0.05, 0) is 50.1 Å². The lowest BCUT2D eigenvalue weighted by Gasteiger charge is -2.06. The second-order valence-corrected chi connectivity index (χ2v) is 8.15. The molecule has 0 spiro atoms. The summed E-state index contributed by atoms with van der Waals surface area (Å²) in [7, 11) is 1.68. The molecule has 0 N–H and O–H groups in total. The fourth-order valence-corrected chi connectivity index (χ4v) is 3.58. The number of hydrogen-bond donors (Lipinski definition) is 0. The van der Waals surface area contributed by atoms with Crippen LogP contribution in [-0.2, 0) is 6.42 Å². The van der Waals surface area contributed by atoms with Crippen molar-refractivity contribution in [3.63, 3.8) is 0 Å². The maximum Gasteiger partial charge on any atom is 0.204 e. The van der Waals surface area contributed by atoms with E-state index in [-0.39, 0.29) is 6.04 Å². The predicted octanol–water partition coefficient (Wildman–Crippen LogP) is 5.16. The number of tetrazole rings is 1. The summed E-state index contributed by atoms with van der Waals surface area (Å²) in [5.74, 6) is 1.94. The van der Waals surface area contributed by atoms with E-state index < -0.39 is 0 Å². The highest BCUT2D eigenvalue weighted by Crippen LogP contribution is 2.26. The molecule has 3 aromatic rings. The number of nitrogens with zero attached hydrogens (tertiary/aromatic N) is 5. The van der Waals surface area contributed by atoms with Crippen molar-refractivity contribution in [2.24, 2.45) is 0 Å². The van der Waals surface area contributed by atoms with E-state index in [4.69, 9.17) is 9.72 Å². The Hall–Kier alpha value is -2.54. The quantitative estimate of drug-likeness (QED) is 0.525. The maximum absolute atomic E-state index is 5.50. The van der Waals surface area contributed by atoms with Gasteiger partial charge >= 0.3 is 0 Å². The largest absolute Gasteiger partial charge is 0.496 e. The van der Waals surface area contributed by atoms with E-state index in [1.165, 1.54) is 5.01 Å². The van der Waals surface area contributed by atoms with Gasteiger partial charge < -0.3 is 4.74 Å². The second kappa shape index (κ2) is 9.10. The third-order valence-electron chi connectivity index (χ3n) is 4.31. The molecule has 1 aromatic carbocycles. The number of aryl methyl sites for hydroxylation is 1. The summed E-state index contributed by atoms with van der Waals surface area (Å²) >= 11 is 1.74. The van der Waals surface area contributed by atoms with Crippen molar-refractivity contribution in [1.82, 2.24) is 25.2 Å². The Morgan fingerprint density at radius 3 is 2.68 bits per heavy atom. The Bertz CT molecular complexity index is 942. The number of allylic oxidation sites excluding steroid dienone is 1. The Morgan fingerprint density at radius 2 is 2.04 bits per heavy atom. The van der Waals surface area contributed by atoms with Crippen LogP contribution in [0.5, 0.6) is 5.75 Å². The lowest BCUT2D eigenvalue weighted by molar-refractivity contribution is 0.414. The van der Waals surface area contributed by atoms with Crippen LogP contribution in [0.15, 0.2) is 29.7 Å². The van der Waals surface area contributed by atoms with Gasteiger partial charge in [-0.25, -0.2) is 4.98 Å². The molecular weight excluding hydrogens is 370 g/mol. The Kier molecular flexibility index (Phi) is 6.57. The SMILES string of the molecule is COc1ccc(-c2nnn(C(C)C)n2)cc1C=CCCc1csc(C(C)C)n1. The molecule has 2 heterocycles. The molecule has 0 bridgehead atoms. The van der Waals surface area contributed by atoms with Crippen LogP contribution in [0.2, 0.25) is 0 Å². The summed E-state index contributed by atoms with van der Waals surface area (Å²) in [5, 5.41) is 16.1. The fourth-order valence-electron chi connectivity index (χ4n) is 2.71. The van der Waals surface area contributed by atoms with Crippen LogP contribution >= 0.6 is 11.3 Å². The lowest BCUT2D eigenvalue weighted by Crippen LogP contribution is -2.04. The molecule has 0 saturated carbocycles. The van der Waals surface area contributed by atoms with E-state index >= 15 is 0 Å². The summed E-state index contributed by atoms with van der Waals surface area (Å²) in [4.78, 5) is 6.31. The molecule has 28 heavy (non-hydrogen) atoms. The molecule has 0 unspecified atom stereocenters. The van der Waals surface area contributed by atoms with Crippen molar-refractivity contribution in [2.45, 2.75) is 52.5 Å². The first-order valence-corrected chi connectivity index (χ1v) is 10.4. The van der Waals surface area contributed by atoms with E-state index in [0.29, 0.717) is 11.7 Å². The second-order valence-electron chi connectivity index (χ2n) is 7.26. The molecule has 0 atom stereocenters. The molecule has 0 amide bonds. The van der Waals surface area contributed by atoms with E-state index in [2.05, 4.69) is 46.8 Å². The zero-order valence-corrected chi connectivity index (χ0v) is 17.9. The summed E-state index contributed by atoms with van der Waals surface area (Å²) in [5.41, 5.74) is 3.09. The molecule has 2 aromatic heterocycles. The minimum absolute atomic E-state index is 0.181. The summed E-state index contributed by atoms with van der Waals surface area (Å²) in [6.07, 6.45) is 6.11. The van der Waals surface area contributed by atoms with Crippen molar-refractivity contribution >= 4 is 17.4 Å². The molecule has 6 nitrogen and oxygen atoms in total. The number of benzene rings is 1. The predicted molar refractivity (Wildman–Crippen MR) is 114 cm³/mol. The zero-order valence-electron chi connectivity index (χ0n) is 17.1. The van der Waals surface area contributed by atoms with Gasteiger partial charge in [-0.15, -0.1) is 21.5 Å². The Morgan fingerprint density at radius 1 is 1.21 bits per heavy atom. The first kappa shape index (κ1) is 20.2. The summed E-state index contributed by atoms with van der Waals surface area (Å²) in [6.45, 7) is 8.41. The van der Waals surface area contributed by atoms with Gasteiger partial charge in [0.25, 0.3) is 0 Å². The molecule has 0 radical (unpaired) electrons. The highest BCUT2D eigenvalue weighted by atomic mass is 32.1. The number of rotatable bonds is 8. The zero-order chi connectivity index (χ0) is 20.1. The molecular formula is C21H27N5OS. The van der Waals surface area contributed by atoms with E-state index in [1.807, 2.05) is 32.0 Å². The summed E-state index contributed by atoms with van der Waals surface area (Å²) < 4.78 is 5.50. The van der Waals surface area contributed by atoms with Gasteiger partial charge in [0, 0.05) is 22.4 Å². The summed E-state index contributed by atoms with van der Waals surface area (Å²) in [6, 6.07) is 6.12. The third kappa shape index (κ3) is 4.84. The molecule has 0 fully saturated rings. The average molecular weight is 398 g/mol.